The van der Waals surface area contributed by atoms with Gasteiger partial charge >= 0.3 is 0 Å². The fourth-order valence-corrected chi connectivity index (χ4v) is 2.85. The number of hydrogen-bond acceptors (Lipinski definition) is 3. The molecule has 0 unspecified atom stereocenters. The van der Waals surface area contributed by atoms with Crippen LogP contribution in [-0.4, -0.2) is 9.78 Å². The second-order valence-corrected chi connectivity index (χ2v) is 5.60. The van der Waals surface area contributed by atoms with E-state index in [0.29, 0.717) is 5.56 Å². The number of rotatable bonds is 2. The lowest BCUT2D eigenvalue weighted by Gasteiger charge is -1.94. The molecule has 2 rings (SSSR count). The van der Waals surface area contributed by atoms with Crippen LogP contribution in [0.4, 0.5) is 0 Å². The van der Waals surface area contributed by atoms with Gasteiger partial charge in [0.25, 0.3) is 5.56 Å². The van der Waals surface area contributed by atoms with Crippen molar-refractivity contribution in [3.05, 3.63) is 31.8 Å². The SMILES string of the molecule is Cn1[nH]c(-c2ccc(Br)s2)c(CN)c1=O. The van der Waals surface area contributed by atoms with Crippen molar-refractivity contribution in [1.29, 1.82) is 0 Å². The molecule has 15 heavy (non-hydrogen) atoms. The van der Waals surface area contributed by atoms with Crippen LogP contribution >= 0.6 is 27.3 Å². The molecule has 2 heterocycles. The summed E-state index contributed by atoms with van der Waals surface area (Å²) in [5.74, 6) is 0. The van der Waals surface area contributed by atoms with Crippen LogP contribution < -0.4 is 11.3 Å². The van der Waals surface area contributed by atoms with Crippen LogP contribution in [-0.2, 0) is 13.6 Å². The van der Waals surface area contributed by atoms with Gasteiger partial charge in [0.05, 0.1) is 19.9 Å². The summed E-state index contributed by atoms with van der Waals surface area (Å²) < 4.78 is 2.48. The van der Waals surface area contributed by atoms with Crippen molar-refractivity contribution in [2.75, 3.05) is 0 Å². The highest BCUT2D eigenvalue weighted by molar-refractivity contribution is 9.11. The molecule has 4 nitrogen and oxygen atoms in total. The Hall–Kier alpha value is -0.850. The predicted molar refractivity (Wildman–Crippen MR) is 64.9 cm³/mol. The molecule has 3 N–H and O–H groups in total. The molecule has 0 atom stereocenters. The van der Waals surface area contributed by atoms with Gasteiger partial charge in [0.2, 0.25) is 0 Å². The smallest absolute Gasteiger partial charge is 0.271 e. The maximum atomic E-state index is 11.6. The Labute approximate surface area is 98.8 Å². The summed E-state index contributed by atoms with van der Waals surface area (Å²) in [6.45, 7) is 0.251. The zero-order chi connectivity index (χ0) is 11.0. The molecule has 0 saturated heterocycles. The lowest BCUT2D eigenvalue weighted by molar-refractivity contribution is 0.740. The number of thiophene rings is 1. The third-order valence-corrected chi connectivity index (χ3v) is 3.81. The number of halogens is 1. The standard InChI is InChI=1S/C9H10BrN3OS/c1-13-9(14)5(4-11)8(12-13)6-2-3-7(10)15-6/h2-3,12H,4,11H2,1H3. The monoisotopic (exact) mass is 287 g/mol. The summed E-state index contributed by atoms with van der Waals surface area (Å²) in [7, 11) is 1.69. The number of H-pyrrole nitrogens is 1. The fourth-order valence-electron chi connectivity index (χ4n) is 1.44. The van der Waals surface area contributed by atoms with Crippen LogP contribution in [0.1, 0.15) is 5.56 Å². The topological polar surface area (TPSA) is 63.8 Å². The molecule has 0 radical (unpaired) electrons. The maximum Gasteiger partial charge on any atom is 0.271 e. The summed E-state index contributed by atoms with van der Waals surface area (Å²) in [6.07, 6.45) is 0. The summed E-state index contributed by atoms with van der Waals surface area (Å²) in [5.41, 5.74) is 6.96. The zero-order valence-electron chi connectivity index (χ0n) is 8.08. The lowest BCUT2D eigenvalue weighted by atomic mass is 10.2. The van der Waals surface area contributed by atoms with Crippen LogP contribution in [0.3, 0.4) is 0 Å². The average molecular weight is 288 g/mol. The number of nitrogens with two attached hydrogens (primary N) is 1. The van der Waals surface area contributed by atoms with Crippen molar-refractivity contribution in [2.45, 2.75) is 6.54 Å². The first-order chi connectivity index (χ1) is 7.13. The first-order valence-corrected chi connectivity index (χ1v) is 5.98. The van der Waals surface area contributed by atoms with Gasteiger partial charge in [0, 0.05) is 13.6 Å². The minimum absolute atomic E-state index is 0.0583. The van der Waals surface area contributed by atoms with Crippen molar-refractivity contribution in [3.8, 4) is 10.6 Å². The Balaban J connectivity index is 2.62. The first-order valence-electron chi connectivity index (χ1n) is 4.37. The van der Waals surface area contributed by atoms with Gasteiger partial charge in [0.1, 0.15) is 0 Å². The highest BCUT2D eigenvalue weighted by atomic mass is 79.9. The molecule has 6 heteroatoms. The van der Waals surface area contributed by atoms with E-state index in [2.05, 4.69) is 21.0 Å². The molecule has 0 saturated carbocycles. The van der Waals surface area contributed by atoms with Crippen LogP contribution in [0.15, 0.2) is 20.7 Å². The Morgan fingerprint density at radius 3 is 2.87 bits per heavy atom. The van der Waals surface area contributed by atoms with E-state index in [0.717, 1.165) is 14.4 Å². The molecular formula is C9H10BrN3OS. The Bertz CT molecular complexity index is 540. The summed E-state index contributed by atoms with van der Waals surface area (Å²) >= 11 is 4.96. The van der Waals surface area contributed by atoms with Gasteiger partial charge in [-0.3, -0.25) is 14.6 Å². The average Bonchev–Trinajstić information content (AvgIpc) is 2.73. The van der Waals surface area contributed by atoms with E-state index in [9.17, 15) is 4.79 Å². The third-order valence-electron chi connectivity index (χ3n) is 2.17. The summed E-state index contributed by atoms with van der Waals surface area (Å²) in [5, 5.41) is 3.01. The maximum absolute atomic E-state index is 11.6. The molecule has 2 aromatic rings. The van der Waals surface area contributed by atoms with Crippen molar-refractivity contribution >= 4 is 27.3 Å². The van der Waals surface area contributed by atoms with Gasteiger partial charge in [-0.2, -0.15) is 0 Å². The fraction of sp³-hybridized carbons (Fsp3) is 0.222. The Kier molecular flexibility index (Phi) is 2.81. The second-order valence-electron chi connectivity index (χ2n) is 3.14. The lowest BCUT2D eigenvalue weighted by Crippen LogP contribution is -2.17. The zero-order valence-corrected chi connectivity index (χ0v) is 10.5. The highest BCUT2D eigenvalue weighted by Gasteiger charge is 2.13. The number of aromatic nitrogens is 2. The molecule has 0 fully saturated rings. The molecule has 2 aromatic heterocycles. The van der Waals surface area contributed by atoms with Crippen LogP contribution in [0.25, 0.3) is 10.6 Å². The van der Waals surface area contributed by atoms with E-state index in [1.54, 1.807) is 18.4 Å². The predicted octanol–water partition coefficient (Wildman–Crippen LogP) is 1.66. The molecule has 0 bridgehead atoms. The quantitative estimate of drug-likeness (QED) is 0.882. The van der Waals surface area contributed by atoms with Gasteiger partial charge in [-0.05, 0) is 28.1 Å². The molecule has 0 aliphatic heterocycles. The van der Waals surface area contributed by atoms with Gasteiger partial charge in [-0.15, -0.1) is 11.3 Å². The first kappa shape index (κ1) is 10.7. The van der Waals surface area contributed by atoms with Gasteiger partial charge < -0.3 is 5.73 Å². The molecule has 0 spiro atoms. The molecule has 0 aromatic carbocycles. The van der Waals surface area contributed by atoms with E-state index < -0.39 is 0 Å². The number of aromatic amines is 1. The van der Waals surface area contributed by atoms with E-state index in [1.807, 2.05) is 12.1 Å². The van der Waals surface area contributed by atoms with Gasteiger partial charge in [-0.1, -0.05) is 0 Å². The molecule has 0 aliphatic carbocycles. The largest absolute Gasteiger partial charge is 0.326 e. The molecular weight excluding hydrogens is 278 g/mol. The second kappa shape index (κ2) is 3.96. The number of hydrogen-bond donors (Lipinski definition) is 2. The number of nitrogens with zero attached hydrogens (tertiary/aromatic N) is 1. The minimum Gasteiger partial charge on any atom is -0.326 e. The third kappa shape index (κ3) is 1.80. The van der Waals surface area contributed by atoms with E-state index >= 15 is 0 Å². The van der Waals surface area contributed by atoms with Crippen LogP contribution in [0, 0.1) is 0 Å². The summed E-state index contributed by atoms with van der Waals surface area (Å²) in [6, 6.07) is 3.91. The van der Waals surface area contributed by atoms with Gasteiger partial charge in [-0.25, -0.2) is 0 Å². The number of nitrogens with one attached hydrogen (secondary N) is 1. The summed E-state index contributed by atoms with van der Waals surface area (Å²) in [4.78, 5) is 12.7. The van der Waals surface area contributed by atoms with Crippen LogP contribution in [0.5, 0.6) is 0 Å². The van der Waals surface area contributed by atoms with Crippen molar-refractivity contribution in [3.63, 3.8) is 0 Å². The van der Waals surface area contributed by atoms with Crippen LogP contribution in [0.2, 0.25) is 0 Å². The van der Waals surface area contributed by atoms with Crippen molar-refractivity contribution < 1.29 is 0 Å². The van der Waals surface area contributed by atoms with Crippen molar-refractivity contribution in [2.24, 2.45) is 12.8 Å². The molecule has 80 valence electrons. The Morgan fingerprint density at radius 2 is 2.33 bits per heavy atom. The molecule has 0 amide bonds. The van der Waals surface area contributed by atoms with Crippen molar-refractivity contribution in [1.82, 2.24) is 9.78 Å². The normalized spacial score (nSPS) is 10.9. The minimum atomic E-state index is -0.0583. The Morgan fingerprint density at radius 1 is 1.60 bits per heavy atom. The number of aryl methyl sites for hydroxylation is 1. The van der Waals surface area contributed by atoms with Gasteiger partial charge in [0.15, 0.2) is 0 Å². The van der Waals surface area contributed by atoms with E-state index in [1.165, 1.54) is 4.68 Å². The van der Waals surface area contributed by atoms with E-state index in [4.69, 9.17) is 5.73 Å². The molecule has 0 aliphatic rings. The highest BCUT2D eigenvalue weighted by Crippen LogP contribution is 2.30. The van der Waals surface area contributed by atoms with E-state index in [-0.39, 0.29) is 12.1 Å².